The van der Waals surface area contributed by atoms with Crippen molar-refractivity contribution in [3.8, 4) is 6.07 Å². The minimum absolute atomic E-state index is 0.0376. The highest BCUT2D eigenvalue weighted by Gasteiger charge is 2.12. The molecule has 0 bridgehead atoms. The minimum atomic E-state index is -1.17. The molecule has 0 aliphatic heterocycles. The maximum Gasteiger partial charge on any atom is 0.371 e. The second-order valence-electron chi connectivity index (χ2n) is 3.96. The Morgan fingerprint density at radius 2 is 2.16 bits per heavy atom. The molecule has 0 aliphatic carbocycles. The van der Waals surface area contributed by atoms with Crippen molar-refractivity contribution in [2.45, 2.75) is 13.5 Å². The molecular weight excluding hydrogens is 248 g/mol. The van der Waals surface area contributed by atoms with Gasteiger partial charge in [0.1, 0.15) is 17.4 Å². The highest BCUT2D eigenvalue weighted by molar-refractivity contribution is 5.84. The molecule has 0 unspecified atom stereocenters. The number of aromatic nitrogens is 1. The van der Waals surface area contributed by atoms with Gasteiger partial charge in [-0.05, 0) is 31.2 Å². The summed E-state index contributed by atoms with van der Waals surface area (Å²) in [6.07, 6.45) is 0. The average molecular weight is 258 g/mol. The van der Waals surface area contributed by atoms with Crippen LogP contribution < -0.4 is 5.56 Å². The highest BCUT2D eigenvalue weighted by Crippen LogP contribution is 2.10. The lowest BCUT2D eigenvalue weighted by molar-refractivity contribution is 0.0660. The quantitative estimate of drug-likeness (QED) is 0.896. The molecule has 2 aromatic heterocycles. The van der Waals surface area contributed by atoms with Crippen molar-refractivity contribution >= 4 is 5.97 Å². The fourth-order valence-corrected chi connectivity index (χ4v) is 1.69. The summed E-state index contributed by atoms with van der Waals surface area (Å²) in [4.78, 5) is 22.6. The van der Waals surface area contributed by atoms with E-state index in [0.29, 0.717) is 11.5 Å². The fraction of sp³-hybridized carbons (Fsp3) is 0.154. The van der Waals surface area contributed by atoms with E-state index in [4.69, 9.17) is 14.8 Å². The molecule has 0 saturated heterocycles. The summed E-state index contributed by atoms with van der Waals surface area (Å²) in [7, 11) is 0. The Bertz CT molecular complexity index is 734. The molecule has 0 aliphatic rings. The average Bonchev–Trinajstić information content (AvgIpc) is 2.83. The van der Waals surface area contributed by atoms with Crippen molar-refractivity contribution in [3.63, 3.8) is 0 Å². The van der Waals surface area contributed by atoms with Crippen LogP contribution in [-0.4, -0.2) is 15.6 Å². The third-order valence-electron chi connectivity index (χ3n) is 2.70. The number of carboxylic acid groups (broad SMARTS) is 1. The smallest absolute Gasteiger partial charge is 0.371 e. The van der Waals surface area contributed by atoms with Crippen molar-refractivity contribution in [1.29, 1.82) is 5.26 Å². The molecule has 2 heterocycles. The van der Waals surface area contributed by atoms with E-state index in [0.717, 1.165) is 0 Å². The Kier molecular flexibility index (Phi) is 3.21. The molecule has 0 aromatic carbocycles. The maximum absolute atomic E-state index is 11.9. The molecule has 19 heavy (non-hydrogen) atoms. The molecule has 0 atom stereocenters. The molecule has 2 aromatic rings. The third-order valence-corrected chi connectivity index (χ3v) is 2.70. The Hall–Kier alpha value is -2.81. The van der Waals surface area contributed by atoms with Crippen molar-refractivity contribution < 1.29 is 14.3 Å². The van der Waals surface area contributed by atoms with Gasteiger partial charge in [-0.2, -0.15) is 5.26 Å². The number of rotatable bonds is 3. The van der Waals surface area contributed by atoms with Crippen molar-refractivity contribution in [2.75, 3.05) is 0 Å². The van der Waals surface area contributed by atoms with Crippen LogP contribution in [-0.2, 0) is 6.54 Å². The zero-order chi connectivity index (χ0) is 14.0. The maximum atomic E-state index is 11.9. The van der Waals surface area contributed by atoms with Gasteiger partial charge in [0.05, 0.1) is 6.54 Å². The van der Waals surface area contributed by atoms with Gasteiger partial charge in [0, 0.05) is 5.69 Å². The highest BCUT2D eigenvalue weighted by atomic mass is 16.4. The lowest BCUT2D eigenvalue weighted by atomic mass is 10.2. The predicted molar refractivity (Wildman–Crippen MR) is 64.9 cm³/mol. The molecule has 2 rings (SSSR count). The van der Waals surface area contributed by atoms with Gasteiger partial charge in [-0.25, -0.2) is 4.79 Å². The van der Waals surface area contributed by atoms with E-state index in [9.17, 15) is 9.59 Å². The summed E-state index contributed by atoms with van der Waals surface area (Å²) in [6, 6.07) is 7.75. The Morgan fingerprint density at radius 1 is 1.42 bits per heavy atom. The second-order valence-corrected chi connectivity index (χ2v) is 3.96. The van der Waals surface area contributed by atoms with Crippen LogP contribution in [0.15, 0.2) is 33.5 Å². The number of aryl methyl sites for hydroxylation is 1. The number of aromatic carboxylic acids is 1. The molecule has 0 radical (unpaired) electrons. The largest absolute Gasteiger partial charge is 0.475 e. The van der Waals surface area contributed by atoms with Gasteiger partial charge in [-0.15, -0.1) is 0 Å². The van der Waals surface area contributed by atoms with E-state index >= 15 is 0 Å². The zero-order valence-electron chi connectivity index (χ0n) is 10.1. The van der Waals surface area contributed by atoms with Crippen LogP contribution in [0.4, 0.5) is 0 Å². The van der Waals surface area contributed by atoms with Crippen LogP contribution in [0.3, 0.4) is 0 Å². The van der Waals surface area contributed by atoms with E-state index in [1.807, 2.05) is 6.07 Å². The first-order valence-corrected chi connectivity index (χ1v) is 5.45. The van der Waals surface area contributed by atoms with Gasteiger partial charge in [-0.1, -0.05) is 0 Å². The van der Waals surface area contributed by atoms with Crippen LogP contribution in [0, 0.1) is 18.3 Å². The van der Waals surface area contributed by atoms with Crippen molar-refractivity contribution in [3.05, 3.63) is 57.4 Å². The zero-order valence-corrected chi connectivity index (χ0v) is 10.1. The predicted octanol–water partition coefficient (Wildman–Crippen LogP) is 1.37. The standard InChI is InChI=1S/C13H10N2O4/c1-8-2-3-9(6-14)12(16)15(8)7-10-4-5-11(19-10)13(17)18/h2-5H,7H2,1H3,(H,17,18). The van der Waals surface area contributed by atoms with Crippen LogP contribution in [0.5, 0.6) is 0 Å². The van der Waals surface area contributed by atoms with E-state index in [2.05, 4.69) is 0 Å². The lowest BCUT2D eigenvalue weighted by Gasteiger charge is -2.07. The Morgan fingerprint density at radius 3 is 2.74 bits per heavy atom. The molecule has 0 amide bonds. The first-order chi connectivity index (χ1) is 9.02. The van der Waals surface area contributed by atoms with Gasteiger partial charge >= 0.3 is 5.97 Å². The van der Waals surface area contributed by atoms with Crippen molar-refractivity contribution in [2.24, 2.45) is 0 Å². The van der Waals surface area contributed by atoms with Crippen LogP contribution in [0.2, 0.25) is 0 Å². The van der Waals surface area contributed by atoms with Gasteiger partial charge in [0.2, 0.25) is 5.76 Å². The molecule has 0 saturated carbocycles. The summed E-state index contributed by atoms with van der Waals surface area (Å²) in [6.45, 7) is 1.82. The number of hydrogen-bond donors (Lipinski definition) is 1. The van der Waals surface area contributed by atoms with E-state index in [1.54, 1.807) is 13.0 Å². The van der Waals surface area contributed by atoms with E-state index in [-0.39, 0.29) is 17.9 Å². The third kappa shape index (κ3) is 2.40. The molecule has 6 heteroatoms. The molecular formula is C13H10N2O4. The van der Waals surface area contributed by atoms with Crippen LogP contribution in [0.1, 0.15) is 27.6 Å². The van der Waals surface area contributed by atoms with Gasteiger partial charge in [-0.3, -0.25) is 4.79 Å². The molecule has 0 spiro atoms. The van der Waals surface area contributed by atoms with Gasteiger partial charge < -0.3 is 14.1 Å². The SMILES string of the molecule is Cc1ccc(C#N)c(=O)n1Cc1ccc(C(=O)O)o1. The summed E-state index contributed by atoms with van der Waals surface area (Å²) in [5.41, 5.74) is 0.281. The Labute approximate surface area is 108 Å². The Balaban J connectivity index is 2.41. The van der Waals surface area contributed by atoms with Crippen molar-refractivity contribution in [1.82, 2.24) is 4.57 Å². The molecule has 1 N–H and O–H groups in total. The summed E-state index contributed by atoms with van der Waals surface area (Å²) in [5, 5.41) is 17.6. The van der Waals surface area contributed by atoms with Gasteiger partial charge in [0.25, 0.3) is 5.56 Å². The number of furan rings is 1. The minimum Gasteiger partial charge on any atom is -0.475 e. The normalized spacial score (nSPS) is 10.1. The molecule has 96 valence electrons. The number of pyridine rings is 1. The summed E-state index contributed by atoms with van der Waals surface area (Å²) in [5.74, 6) is -1.00. The number of hydrogen-bond acceptors (Lipinski definition) is 4. The second kappa shape index (κ2) is 4.82. The summed E-state index contributed by atoms with van der Waals surface area (Å²) >= 11 is 0. The first-order valence-electron chi connectivity index (χ1n) is 5.45. The molecule has 6 nitrogen and oxygen atoms in total. The fourth-order valence-electron chi connectivity index (χ4n) is 1.69. The van der Waals surface area contributed by atoms with E-state index < -0.39 is 11.5 Å². The van der Waals surface area contributed by atoms with E-state index in [1.165, 1.54) is 22.8 Å². The van der Waals surface area contributed by atoms with Crippen LogP contribution in [0.25, 0.3) is 0 Å². The van der Waals surface area contributed by atoms with Crippen LogP contribution >= 0.6 is 0 Å². The molecule has 0 fully saturated rings. The van der Waals surface area contributed by atoms with Gasteiger partial charge in [0.15, 0.2) is 0 Å². The number of carbonyl (C=O) groups is 1. The topological polar surface area (TPSA) is 96.2 Å². The lowest BCUT2D eigenvalue weighted by Crippen LogP contribution is -2.24. The first kappa shape index (κ1) is 12.6. The monoisotopic (exact) mass is 258 g/mol. The number of nitriles is 1. The number of carboxylic acids is 1. The number of nitrogens with zero attached hydrogens (tertiary/aromatic N) is 2. The summed E-state index contributed by atoms with van der Waals surface area (Å²) < 4.78 is 6.45.